The molecule has 1 N–H and O–H groups in total. The fraction of sp³-hybridized carbons (Fsp3) is 0.0588. The topological polar surface area (TPSA) is 51.2 Å². The first kappa shape index (κ1) is 14.9. The fourth-order valence-corrected chi connectivity index (χ4v) is 2.26. The van der Waals surface area contributed by atoms with Crippen LogP contribution in [0.4, 0.5) is 20.2 Å². The first-order chi connectivity index (χ1) is 11.1. The van der Waals surface area contributed by atoms with Gasteiger partial charge in [0, 0.05) is 11.9 Å². The minimum atomic E-state index is -0.592. The third-order valence-electron chi connectivity index (χ3n) is 3.38. The Bertz CT molecular complexity index is 880. The van der Waals surface area contributed by atoms with Gasteiger partial charge in [0.05, 0.1) is 23.7 Å². The second-order valence-corrected chi connectivity index (χ2v) is 4.81. The zero-order chi connectivity index (χ0) is 16.4. The summed E-state index contributed by atoms with van der Waals surface area (Å²) in [6, 6.07) is 10.1. The van der Waals surface area contributed by atoms with Crippen molar-refractivity contribution in [3.8, 4) is 0 Å². The van der Waals surface area contributed by atoms with E-state index < -0.39 is 17.6 Å². The Morgan fingerprint density at radius 1 is 1.04 bits per heavy atom. The lowest BCUT2D eigenvalue weighted by atomic mass is 10.1. The monoisotopic (exact) mass is 314 g/mol. The lowest BCUT2D eigenvalue weighted by Gasteiger charge is -2.11. The quantitative estimate of drug-likeness (QED) is 0.741. The van der Waals surface area contributed by atoms with Gasteiger partial charge in [-0.1, -0.05) is 0 Å². The summed E-state index contributed by atoms with van der Waals surface area (Å²) in [5.74, 6) is -1.60. The summed E-state index contributed by atoms with van der Waals surface area (Å²) in [4.78, 5) is 15.3. The van der Waals surface area contributed by atoms with Crippen molar-refractivity contribution in [1.29, 1.82) is 0 Å². The van der Waals surface area contributed by atoms with Crippen LogP contribution in [0.5, 0.6) is 0 Å². The van der Waals surface area contributed by atoms with Crippen LogP contribution >= 0.6 is 0 Å². The molecule has 0 aliphatic carbocycles. The summed E-state index contributed by atoms with van der Waals surface area (Å²) in [6.07, 6.45) is 1.40. The molecular formula is C17H12F2N2O2. The second-order valence-electron chi connectivity index (χ2n) is 4.81. The van der Waals surface area contributed by atoms with E-state index in [0.29, 0.717) is 16.9 Å². The highest BCUT2D eigenvalue weighted by Crippen LogP contribution is 2.29. The number of carbonyl (C=O) groups excluding carboxylic acids is 1. The number of pyridine rings is 1. The van der Waals surface area contributed by atoms with E-state index in [0.717, 1.165) is 12.1 Å². The zero-order valence-corrected chi connectivity index (χ0v) is 12.1. The van der Waals surface area contributed by atoms with Crippen LogP contribution in [0.15, 0.2) is 48.7 Å². The van der Waals surface area contributed by atoms with Crippen LogP contribution < -0.4 is 5.32 Å². The van der Waals surface area contributed by atoms with Crippen LogP contribution in [0.3, 0.4) is 0 Å². The number of anilines is 2. The zero-order valence-electron chi connectivity index (χ0n) is 12.1. The molecule has 0 atom stereocenters. The molecule has 0 aliphatic rings. The molecule has 1 aromatic heterocycles. The number of methoxy groups -OCH3 is 1. The maximum absolute atomic E-state index is 14.0. The van der Waals surface area contributed by atoms with E-state index in [9.17, 15) is 13.6 Å². The summed E-state index contributed by atoms with van der Waals surface area (Å²) in [5.41, 5.74) is 1.36. The SMILES string of the molecule is COC(=O)c1ccc(Nc2ccnc3c(F)ccc(F)c23)cc1. The molecule has 0 saturated carbocycles. The van der Waals surface area contributed by atoms with Gasteiger partial charge in [-0.3, -0.25) is 4.98 Å². The number of nitrogens with one attached hydrogen (secondary N) is 1. The Morgan fingerprint density at radius 3 is 2.43 bits per heavy atom. The number of halogens is 2. The van der Waals surface area contributed by atoms with Crippen molar-refractivity contribution in [2.24, 2.45) is 0 Å². The van der Waals surface area contributed by atoms with Crippen LogP contribution in [0, 0.1) is 11.6 Å². The Balaban J connectivity index is 1.99. The Morgan fingerprint density at radius 2 is 1.74 bits per heavy atom. The Hall–Kier alpha value is -3.02. The number of aromatic nitrogens is 1. The van der Waals surface area contributed by atoms with Gasteiger partial charge in [0.15, 0.2) is 0 Å². The van der Waals surface area contributed by atoms with Crippen LogP contribution in [-0.4, -0.2) is 18.1 Å². The molecule has 0 spiro atoms. The molecule has 2 aromatic carbocycles. The second kappa shape index (κ2) is 6.00. The van der Waals surface area contributed by atoms with Crippen LogP contribution in [-0.2, 0) is 4.74 Å². The molecular weight excluding hydrogens is 302 g/mol. The lowest BCUT2D eigenvalue weighted by Crippen LogP contribution is -2.01. The molecule has 0 fully saturated rings. The third-order valence-corrected chi connectivity index (χ3v) is 3.38. The lowest BCUT2D eigenvalue weighted by molar-refractivity contribution is 0.0601. The minimum Gasteiger partial charge on any atom is -0.465 e. The van der Waals surface area contributed by atoms with E-state index in [1.807, 2.05) is 0 Å². The van der Waals surface area contributed by atoms with E-state index in [1.54, 1.807) is 30.3 Å². The summed E-state index contributed by atoms with van der Waals surface area (Å²) in [7, 11) is 1.30. The minimum absolute atomic E-state index is 0.0406. The number of nitrogens with zero attached hydrogens (tertiary/aromatic N) is 1. The fourth-order valence-electron chi connectivity index (χ4n) is 2.26. The first-order valence-electron chi connectivity index (χ1n) is 6.78. The number of carbonyl (C=O) groups is 1. The van der Waals surface area contributed by atoms with Crippen molar-refractivity contribution < 1.29 is 18.3 Å². The Kier molecular flexibility index (Phi) is 3.89. The highest BCUT2D eigenvalue weighted by Gasteiger charge is 2.12. The van der Waals surface area contributed by atoms with Gasteiger partial charge in [0.1, 0.15) is 17.2 Å². The molecule has 23 heavy (non-hydrogen) atoms. The highest BCUT2D eigenvalue weighted by atomic mass is 19.1. The largest absolute Gasteiger partial charge is 0.465 e. The molecule has 0 radical (unpaired) electrons. The van der Waals surface area contributed by atoms with Gasteiger partial charge >= 0.3 is 5.97 Å². The van der Waals surface area contributed by atoms with E-state index in [-0.39, 0.29) is 10.9 Å². The molecule has 3 rings (SSSR count). The van der Waals surface area contributed by atoms with Crippen molar-refractivity contribution in [2.75, 3.05) is 12.4 Å². The normalized spacial score (nSPS) is 10.6. The first-order valence-corrected chi connectivity index (χ1v) is 6.78. The standard InChI is InChI=1S/C17H12F2N2O2/c1-23-17(22)10-2-4-11(5-3-10)21-14-8-9-20-16-13(19)7-6-12(18)15(14)16/h2-9H,1H3,(H,20,21). The molecule has 4 nitrogen and oxygen atoms in total. The molecule has 0 aliphatic heterocycles. The van der Waals surface area contributed by atoms with Crippen molar-refractivity contribution in [3.05, 3.63) is 65.9 Å². The number of hydrogen-bond donors (Lipinski definition) is 1. The molecule has 3 aromatic rings. The van der Waals surface area contributed by atoms with Crippen molar-refractivity contribution in [1.82, 2.24) is 4.98 Å². The van der Waals surface area contributed by atoms with Crippen molar-refractivity contribution in [3.63, 3.8) is 0 Å². The molecule has 1 heterocycles. The molecule has 6 heteroatoms. The van der Waals surface area contributed by atoms with Gasteiger partial charge in [-0.05, 0) is 42.5 Å². The average Bonchev–Trinajstić information content (AvgIpc) is 2.58. The predicted molar refractivity (Wildman–Crippen MR) is 82.7 cm³/mol. The van der Waals surface area contributed by atoms with E-state index in [2.05, 4.69) is 15.0 Å². The van der Waals surface area contributed by atoms with E-state index >= 15 is 0 Å². The van der Waals surface area contributed by atoms with E-state index in [1.165, 1.54) is 13.3 Å². The van der Waals surface area contributed by atoms with Crippen molar-refractivity contribution >= 4 is 28.2 Å². The van der Waals surface area contributed by atoms with Gasteiger partial charge in [-0.2, -0.15) is 0 Å². The number of rotatable bonds is 3. The van der Waals surface area contributed by atoms with Crippen LogP contribution in [0.25, 0.3) is 10.9 Å². The van der Waals surface area contributed by atoms with Crippen LogP contribution in [0.1, 0.15) is 10.4 Å². The summed E-state index contributed by atoms with van der Waals surface area (Å²) in [5, 5.41) is 3.07. The number of esters is 1. The number of hydrogen-bond acceptors (Lipinski definition) is 4. The number of benzene rings is 2. The summed E-state index contributed by atoms with van der Waals surface area (Å²) < 4.78 is 32.4. The van der Waals surface area contributed by atoms with Gasteiger partial charge in [0.2, 0.25) is 0 Å². The van der Waals surface area contributed by atoms with Crippen LogP contribution in [0.2, 0.25) is 0 Å². The molecule has 116 valence electrons. The van der Waals surface area contributed by atoms with Gasteiger partial charge < -0.3 is 10.1 Å². The third kappa shape index (κ3) is 2.83. The molecule has 0 amide bonds. The number of ether oxygens (including phenoxy) is 1. The maximum Gasteiger partial charge on any atom is 0.337 e. The van der Waals surface area contributed by atoms with Crippen molar-refractivity contribution in [2.45, 2.75) is 0 Å². The predicted octanol–water partition coefficient (Wildman–Crippen LogP) is 4.04. The summed E-state index contributed by atoms with van der Waals surface area (Å²) in [6.45, 7) is 0. The van der Waals surface area contributed by atoms with Gasteiger partial charge in [-0.15, -0.1) is 0 Å². The molecule has 0 bridgehead atoms. The maximum atomic E-state index is 14.0. The van der Waals surface area contributed by atoms with Gasteiger partial charge in [-0.25, -0.2) is 13.6 Å². The molecule has 0 unspecified atom stereocenters. The Labute approximate surface area is 130 Å². The summed E-state index contributed by atoms with van der Waals surface area (Å²) >= 11 is 0. The van der Waals surface area contributed by atoms with E-state index in [4.69, 9.17) is 0 Å². The smallest absolute Gasteiger partial charge is 0.337 e. The highest BCUT2D eigenvalue weighted by molar-refractivity contribution is 5.94. The molecule has 0 saturated heterocycles. The number of fused-ring (bicyclic) bond motifs is 1. The van der Waals surface area contributed by atoms with Gasteiger partial charge in [0.25, 0.3) is 0 Å². The average molecular weight is 314 g/mol.